The summed E-state index contributed by atoms with van der Waals surface area (Å²) in [5.41, 5.74) is 0.258. The first kappa shape index (κ1) is 27.1. The lowest BCUT2D eigenvalue weighted by molar-refractivity contribution is -0.139. The molecule has 0 N–H and O–H groups in total. The number of halogens is 2. The zero-order valence-electron chi connectivity index (χ0n) is 21.1. The van der Waals surface area contributed by atoms with Gasteiger partial charge >= 0.3 is 0 Å². The molecule has 0 aliphatic heterocycles. The van der Waals surface area contributed by atoms with Crippen LogP contribution in [0.15, 0.2) is 0 Å². The highest BCUT2D eigenvalue weighted by Gasteiger charge is 2.72. The van der Waals surface area contributed by atoms with Gasteiger partial charge in [0, 0.05) is 24.0 Å². The van der Waals surface area contributed by atoms with Crippen molar-refractivity contribution in [2.75, 3.05) is 13.2 Å². The van der Waals surface area contributed by atoms with E-state index in [0.717, 1.165) is 64.6 Å². The molecule has 3 aliphatic carbocycles. The number of ether oxygens (including phenoxy) is 2. The summed E-state index contributed by atoms with van der Waals surface area (Å²) in [5.74, 6) is 0. The molecule has 0 atom stereocenters. The van der Waals surface area contributed by atoms with Gasteiger partial charge in [0.15, 0.2) is 0 Å². The van der Waals surface area contributed by atoms with Crippen molar-refractivity contribution < 1.29 is 9.47 Å². The van der Waals surface area contributed by atoms with E-state index in [1.165, 1.54) is 70.6 Å². The minimum absolute atomic E-state index is 0.129. The zero-order chi connectivity index (χ0) is 22.9. The summed E-state index contributed by atoms with van der Waals surface area (Å²) < 4.78 is 11.9. The van der Waals surface area contributed by atoms with Crippen LogP contribution in [0.25, 0.3) is 0 Å². The van der Waals surface area contributed by atoms with Crippen LogP contribution in [0, 0.1) is 10.8 Å². The fourth-order valence-electron chi connectivity index (χ4n) is 6.84. The number of hydrogen-bond acceptors (Lipinski definition) is 2. The molecular formula is C28H50Cl2O2. The third kappa shape index (κ3) is 6.38. The molecule has 0 heterocycles. The summed E-state index contributed by atoms with van der Waals surface area (Å²) in [4.78, 5) is 0. The van der Waals surface area contributed by atoms with Gasteiger partial charge in [0.1, 0.15) is 4.33 Å². The fourth-order valence-corrected chi connectivity index (χ4v) is 7.86. The number of unbranched alkanes of at least 4 members (excludes halogenated alkanes) is 8. The number of alkyl halides is 2. The predicted octanol–water partition coefficient (Wildman–Crippen LogP) is 9.40. The van der Waals surface area contributed by atoms with Crippen LogP contribution in [-0.2, 0) is 9.47 Å². The van der Waals surface area contributed by atoms with E-state index in [1.807, 2.05) is 0 Å². The Labute approximate surface area is 208 Å². The molecule has 3 rings (SSSR count). The van der Waals surface area contributed by atoms with E-state index >= 15 is 0 Å². The van der Waals surface area contributed by atoms with Crippen molar-refractivity contribution in [3.63, 3.8) is 0 Å². The Morgan fingerprint density at radius 3 is 1.31 bits per heavy atom. The molecule has 3 fully saturated rings. The molecule has 0 aromatic heterocycles. The van der Waals surface area contributed by atoms with E-state index in [2.05, 4.69) is 13.8 Å². The van der Waals surface area contributed by atoms with Crippen LogP contribution < -0.4 is 0 Å². The van der Waals surface area contributed by atoms with Crippen LogP contribution in [0.3, 0.4) is 0 Å². The standard InChI is InChI=1S/C28H50Cl2O2/c1-3-5-7-9-11-21-31-24-13-17-26(18-14-24)23-27(28(26,29)30)19-15-25(16-20-27)32-22-12-10-8-6-4-2/h24-25H,3-23H2,1-2H3. The molecule has 2 nitrogen and oxygen atoms in total. The zero-order valence-corrected chi connectivity index (χ0v) is 22.6. The van der Waals surface area contributed by atoms with E-state index in [1.54, 1.807) is 0 Å². The summed E-state index contributed by atoms with van der Waals surface area (Å²) >= 11 is 14.4. The van der Waals surface area contributed by atoms with Gasteiger partial charge in [0.05, 0.1) is 12.2 Å². The van der Waals surface area contributed by atoms with Gasteiger partial charge in [-0.15, -0.1) is 23.2 Å². The molecule has 0 amide bonds. The van der Waals surface area contributed by atoms with Crippen molar-refractivity contribution in [1.82, 2.24) is 0 Å². The second-order valence-electron chi connectivity index (χ2n) is 11.3. The van der Waals surface area contributed by atoms with E-state index in [0.29, 0.717) is 12.2 Å². The molecule has 0 aromatic rings. The Kier molecular flexibility index (Phi) is 11.0. The highest BCUT2D eigenvalue weighted by Crippen LogP contribution is 2.76. The first-order valence-corrected chi connectivity index (χ1v) is 14.9. The highest BCUT2D eigenvalue weighted by atomic mass is 35.5. The normalized spacial score (nSPS) is 34.1. The monoisotopic (exact) mass is 488 g/mol. The smallest absolute Gasteiger partial charge is 0.129 e. The summed E-state index contributed by atoms with van der Waals surface area (Å²) in [6, 6.07) is 0. The maximum absolute atomic E-state index is 7.21. The SMILES string of the molecule is CCCCCCCOC1CCC2(CC1)CC1(CCC(OCCCCCCC)CC1)C2(Cl)Cl. The van der Waals surface area contributed by atoms with Gasteiger partial charge in [-0.2, -0.15) is 0 Å². The number of rotatable bonds is 14. The molecule has 188 valence electrons. The lowest BCUT2D eigenvalue weighted by Gasteiger charge is -2.69. The van der Waals surface area contributed by atoms with Gasteiger partial charge in [0.25, 0.3) is 0 Å². The average molecular weight is 490 g/mol. The van der Waals surface area contributed by atoms with Crippen molar-refractivity contribution >= 4 is 23.2 Å². The van der Waals surface area contributed by atoms with Crippen LogP contribution in [-0.4, -0.2) is 29.8 Å². The Morgan fingerprint density at radius 1 is 0.594 bits per heavy atom. The molecule has 0 bridgehead atoms. The molecule has 3 saturated carbocycles. The van der Waals surface area contributed by atoms with Crippen molar-refractivity contribution in [1.29, 1.82) is 0 Å². The van der Waals surface area contributed by atoms with E-state index in [-0.39, 0.29) is 10.8 Å². The van der Waals surface area contributed by atoms with Gasteiger partial charge in [-0.3, -0.25) is 0 Å². The third-order valence-corrected chi connectivity index (χ3v) is 10.6. The van der Waals surface area contributed by atoms with Gasteiger partial charge in [-0.25, -0.2) is 0 Å². The molecule has 3 aliphatic rings. The van der Waals surface area contributed by atoms with Gasteiger partial charge in [-0.1, -0.05) is 65.2 Å². The topological polar surface area (TPSA) is 18.5 Å². The minimum atomic E-state index is -0.559. The Morgan fingerprint density at radius 2 is 0.969 bits per heavy atom. The summed E-state index contributed by atoms with van der Waals surface area (Å²) in [6.07, 6.45) is 24.2. The second-order valence-corrected chi connectivity index (χ2v) is 12.6. The van der Waals surface area contributed by atoms with Crippen molar-refractivity contribution in [3.8, 4) is 0 Å². The molecule has 32 heavy (non-hydrogen) atoms. The third-order valence-electron chi connectivity index (χ3n) is 8.99. The Balaban J connectivity index is 1.33. The minimum Gasteiger partial charge on any atom is -0.378 e. The van der Waals surface area contributed by atoms with Crippen LogP contribution >= 0.6 is 23.2 Å². The fraction of sp³-hybridized carbons (Fsp3) is 1.00. The van der Waals surface area contributed by atoms with Crippen LogP contribution in [0.2, 0.25) is 0 Å². The number of hydrogen-bond donors (Lipinski definition) is 0. The summed E-state index contributed by atoms with van der Waals surface area (Å²) in [7, 11) is 0. The maximum atomic E-state index is 7.21. The van der Waals surface area contributed by atoms with Crippen LogP contribution in [0.5, 0.6) is 0 Å². The van der Waals surface area contributed by atoms with Crippen LogP contribution in [0.4, 0.5) is 0 Å². The Bertz CT molecular complexity index is 476. The quantitative estimate of drug-likeness (QED) is 0.179. The van der Waals surface area contributed by atoms with E-state index in [4.69, 9.17) is 32.7 Å². The summed E-state index contributed by atoms with van der Waals surface area (Å²) in [5, 5.41) is 0. The van der Waals surface area contributed by atoms with E-state index < -0.39 is 4.33 Å². The molecule has 0 aromatic carbocycles. The largest absolute Gasteiger partial charge is 0.378 e. The van der Waals surface area contributed by atoms with Gasteiger partial charge in [-0.05, 0) is 70.6 Å². The maximum Gasteiger partial charge on any atom is 0.129 e. The first-order chi connectivity index (χ1) is 15.5. The Hall–Kier alpha value is 0.500. The van der Waals surface area contributed by atoms with Gasteiger partial charge in [0.2, 0.25) is 0 Å². The molecule has 2 spiro atoms. The first-order valence-electron chi connectivity index (χ1n) is 14.1. The molecule has 0 unspecified atom stereocenters. The van der Waals surface area contributed by atoms with E-state index in [9.17, 15) is 0 Å². The van der Waals surface area contributed by atoms with Crippen molar-refractivity contribution in [2.45, 2.75) is 152 Å². The molecule has 0 saturated heterocycles. The van der Waals surface area contributed by atoms with Crippen LogP contribution in [0.1, 0.15) is 136 Å². The highest BCUT2D eigenvalue weighted by molar-refractivity contribution is 6.50. The van der Waals surface area contributed by atoms with Gasteiger partial charge < -0.3 is 9.47 Å². The summed E-state index contributed by atoms with van der Waals surface area (Å²) in [6.45, 7) is 6.39. The van der Waals surface area contributed by atoms with Crippen molar-refractivity contribution in [2.24, 2.45) is 10.8 Å². The molecule has 4 heteroatoms. The lowest BCUT2D eigenvalue weighted by atomic mass is 9.44. The predicted molar refractivity (Wildman–Crippen MR) is 138 cm³/mol. The average Bonchev–Trinajstić information content (AvgIpc) is 2.80. The lowest BCUT2D eigenvalue weighted by Crippen LogP contribution is -2.67. The molecule has 0 radical (unpaired) electrons. The second kappa shape index (κ2) is 13.0. The van der Waals surface area contributed by atoms with Crippen molar-refractivity contribution in [3.05, 3.63) is 0 Å². The molecular weight excluding hydrogens is 439 g/mol.